The van der Waals surface area contributed by atoms with Crippen molar-refractivity contribution >= 4 is 23.9 Å². The maximum Gasteiger partial charge on any atom is 0.337 e. The molecule has 2 unspecified atom stereocenters. The van der Waals surface area contributed by atoms with E-state index in [1.54, 1.807) is 43.4 Å². The van der Waals surface area contributed by atoms with Crippen LogP contribution in [0.5, 0.6) is 0 Å². The zero-order valence-corrected chi connectivity index (χ0v) is 28.7. The van der Waals surface area contributed by atoms with E-state index in [0.29, 0.717) is 31.8 Å². The molecule has 0 amide bonds. The van der Waals surface area contributed by atoms with Crippen LogP contribution in [-0.2, 0) is 57.1 Å². The van der Waals surface area contributed by atoms with E-state index in [4.69, 9.17) is 43.7 Å². The molecule has 0 radical (unpaired) electrons. The second-order valence-corrected chi connectivity index (χ2v) is 9.00. The first-order valence-electron chi connectivity index (χ1n) is 15.2. The number of esters is 2. The molecule has 49 heavy (non-hydrogen) atoms. The summed E-state index contributed by atoms with van der Waals surface area (Å²) in [5.74, 6) is -2.53. The maximum atomic E-state index is 11.5. The first-order chi connectivity index (χ1) is 23.5. The summed E-state index contributed by atoms with van der Waals surface area (Å²) >= 11 is 0. The fourth-order valence-electron chi connectivity index (χ4n) is 2.65. The Balaban J connectivity index is -0.000000799. The zero-order valence-electron chi connectivity index (χ0n) is 28.7. The van der Waals surface area contributed by atoms with E-state index < -0.39 is 30.0 Å². The number of aliphatic hydroxyl groups excluding tert-OH is 1. The summed E-state index contributed by atoms with van der Waals surface area (Å²) in [7, 11) is 0. The number of carboxylic acid groups (broad SMARTS) is 2. The summed E-state index contributed by atoms with van der Waals surface area (Å²) in [4.78, 5) is 43.0. The van der Waals surface area contributed by atoms with Gasteiger partial charge in [-0.3, -0.25) is 0 Å². The van der Waals surface area contributed by atoms with Gasteiger partial charge in [0.05, 0.1) is 59.0 Å². The molecular formula is C34H54O15. The van der Waals surface area contributed by atoms with Crippen LogP contribution in [0.2, 0.25) is 0 Å². The van der Waals surface area contributed by atoms with Crippen molar-refractivity contribution < 1.29 is 72.4 Å². The van der Waals surface area contributed by atoms with Crippen LogP contribution < -0.4 is 0 Å². The maximum absolute atomic E-state index is 11.5. The van der Waals surface area contributed by atoms with Gasteiger partial charge < -0.3 is 53.2 Å². The monoisotopic (exact) mass is 702 g/mol. The molecule has 0 saturated heterocycles. The summed E-state index contributed by atoms with van der Waals surface area (Å²) in [6, 6.07) is 0. The highest BCUT2D eigenvalue weighted by Gasteiger charge is 2.09. The molecule has 3 N–H and O–H groups in total. The fourth-order valence-corrected chi connectivity index (χ4v) is 2.65. The van der Waals surface area contributed by atoms with Gasteiger partial charge in [0, 0.05) is 6.42 Å². The van der Waals surface area contributed by atoms with Crippen LogP contribution in [0.1, 0.15) is 26.7 Å². The smallest absolute Gasteiger partial charge is 0.337 e. The van der Waals surface area contributed by atoms with Crippen molar-refractivity contribution in [3.8, 4) is 0 Å². The molecule has 15 heteroatoms. The highest BCUT2D eigenvalue weighted by Crippen LogP contribution is 2.02. The number of hydrogen-bond donors (Lipinski definition) is 3. The molecule has 0 rings (SSSR count). The Labute approximate surface area is 289 Å². The molecule has 280 valence electrons. The van der Waals surface area contributed by atoms with Crippen LogP contribution in [0.25, 0.3) is 0 Å². The van der Waals surface area contributed by atoms with Gasteiger partial charge in [0.25, 0.3) is 0 Å². The molecule has 0 aliphatic carbocycles. The third-order valence-electron chi connectivity index (χ3n) is 4.85. The molecule has 0 aromatic heterocycles. The third-order valence-corrected chi connectivity index (χ3v) is 4.85. The van der Waals surface area contributed by atoms with Gasteiger partial charge >= 0.3 is 23.9 Å². The van der Waals surface area contributed by atoms with Crippen molar-refractivity contribution in [1.82, 2.24) is 0 Å². The lowest BCUT2D eigenvalue weighted by atomic mass is 10.2. The highest BCUT2D eigenvalue weighted by molar-refractivity contribution is 5.72. The Bertz CT molecular complexity index is 955. The van der Waals surface area contributed by atoms with Crippen molar-refractivity contribution in [3.05, 3.63) is 74.6 Å². The van der Waals surface area contributed by atoms with Gasteiger partial charge in [0.1, 0.15) is 38.3 Å². The molecule has 0 bridgehead atoms. The number of hydrogen-bond acceptors (Lipinski definition) is 13. The molecule has 0 aliphatic rings. The minimum absolute atomic E-state index is 0.157. The van der Waals surface area contributed by atoms with Gasteiger partial charge in [0.15, 0.2) is 0 Å². The van der Waals surface area contributed by atoms with Gasteiger partial charge in [-0.15, -0.1) is 19.7 Å². The number of rotatable bonds is 29. The lowest BCUT2D eigenvalue weighted by molar-refractivity contribution is -0.152. The number of ether oxygens (including phenoxy) is 8. The molecule has 0 fully saturated rings. The minimum Gasteiger partial charge on any atom is -0.480 e. The first kappa shape index (κ1) is 49.4. The van der Waals surface area contributed by atoms with Crippen molar-refractivity contribution in [2.75, 3.05) is 79.3 Å². The number of carbonyl (C=O) groups excluding carboxylic acids is 2. The Morgan fingerprint density at radius 1 is 0.612 bits per heavy atom. The molecule has 0 heterocycles. The average Bonchev–Trinajstić information content (AvgIpc) is 3.06. The number of carboxylic acids is 2. The van der Waals surface area contributed by atoms with Gasteiger partial charge in [-0.05, 0) is 32.4 Å². The normalized spacial score (nSPS) is 11.9. The summed E-state index contributed by atoms with van der Waals surface area (Å²) in [5, 5.41) is 25.1. The van der Waals surface area contributed by atoms with Crippen LogP contribution >= 0.6 is 0 Å². The van der Waals surface area contributed by atoms with Crippen molar-refractivity contribution in [1.29, 1.82) is 0 Å². The van der Waals surface area contributed by atoms with Gasteiger partial charge in [-0.1, -0.05) is 37.0 Å². The number of aliphatic hydroxyl groups is 1. The Morgan fingerprint density at radius 2 is 1.04 bits per heavy atom. The molecule has 0 aliphatic heterocycles. The SMILES string of the molecule is C=CCC(C=C)OC(=O)COCCOCCOCC(=O)OC(/C=C\C)=C/C.C=CCC(O)C=C.O=C(O)COCCOCCOCC(=O)O. The fraction of sp³-hybridized carbons (Fsp3) is 0.529. The molecule has 0 aromatic carbocycles. The number of aliphatic carboxylic acids is 2. The van der Waals surface area contributed by atoms with Crippen LogP contribution in [0.15, 0.2) is 74.6 Å². The van der Waals surface area contributed by atoms with Crippen molar-refractivity contribution in [3.63, 3.8) is 0 Å². The summed E-state index contributed by atoms with van der Waals surface area (Å²) in [6.45, 7) is 18.5. The Morgan fingerprint density at radius 3 is 1.39 bits per heavy atom. The van der Waals surface area contributed by atoms with Crippen LogP contribution in [0.3, 0.4) is 0 Å². The second-order valence-electron chi connectivity index (χ2n) is 9.00. The first-order valence-corrected chi connectivity index (χ1v) is 15.2. The lowest BCUT2D eigenvalue weighted by Crippen LogP contribution is -2.21. The largest absolute Gasteiger partial charge is 0.480 e. The number of allylic oxidation sites excluding steroid dienone is 3. The minimum atomic E-state index is -1.03. The second kappa shape index (κ2) is 38.5. The standard InChI is InChI=1S/C20H30O7.C8H14O7.C6H10O/c1-5-9-17(7-3)26-19(21)15-24-13-11-23-12-14-25-16-20(22)27-18(8-4)10-6-2;9-7(10)5-14-3-1-13-2-4-15-6-8(11)12;1-3-5-6(7)4-2/h5-8,10,17H,1,3,9,11-16H2,2,4H3;1-6H2,(H,9,10)(H,11,12);3-4,6-7H,1-2,5H2/b10-6-,18-8+;;. The predicted molar refractivity (Wildman–Crippen MR) is 181 cm³/mol. The number of carbonyl (C=O) groups is 4. The van der Waals surface area contributed by atoms with E-state index in [1.807, 2.05) is 6.92 Å². The van der Waals surface area contributed by atoms with E-state index in [-0.39, 0.29) is 72.2 Å². The molecule has 0 spiro atoms. The van der Waals surface area contributed by atoms with E-state index in [9.17, 15) is 19.2 Å². The van der Waals surface area contributed by atoms with Gasteiger partial charge in [-0.25, -0.2) is 19.2 Å². The molecular weight excluding hydrogens is 648 g/mol. The van der Waals surface area contributed by atoms with E-state index in [2.05, 4.69) is 35.8 Å². The van der Waals surface area contributed by atoms with Gasteiger partial charge in [-0.2, -0.15) is 0 Å². The van der Waals surface area contributed by atoms with Crippen molar-refractivity contribution in [2.45, 2.75) is 38.9 Å². The molecule has 15 nitrogen and oxygen atoms in total. The molecule has 0 aromatic rings. The van der Waals surface area contributed by atoms with E-state index in [1.165, 1.54) is 6.08 Å². The third kappa shape index (κ3) is 42.0. The van der Waals surface area contributed by atoms with Crippen LogP contribution in [0, 0.1) is 0 Å². The van der Waals surface area contributed by atoms with E-state index in [0.717, 1.165) is 0 Å². The van der Waals surface area contributed by atoms with Gasteiger partial charge in [0.2, 0.25) is 0 Å². The van der Waals surface area contributed by atoms with Crippen molar-refractivity contribution in [2.24, 2.45) is 0 Å². The lowest BCUT2D eigenvalue weighted by Gasteiger charge is -2.12. The summed E-state index contributed by atoms with van der Waals surface area (Å²) in [5.41, 5.74) is 0. The topological polar surface area (TPSA) is 203 Å². The van der Waals surface area contributed by atoms with Crippen LogP contribution in [-0.4, -0.2) is 131 Å². The summed E-state index contributed by atoms with van der Waals surface area (Å²) < 4.78 is 40.1. The molecule has 2 atom stereocenters. The Kier molecular flexibility index (Phi) is 38.8. The quantitative estimate of drug-likeness (QED) is 0.0337. The Hall–Kier alpha value is -3.96. The highest BCUT2D eigenvalue weighted by atomic mass is 16.6. The predicted octanol–water partition coefficient (Wildman–Crippen LogP) is 3.05. The summed E-state index contributed by atoms with van der Waals surface area (Å²) in [6.07, 6.45) is 11.8. The van der Waals surface area contributed by atoms with Crippen LogP contribution in [0.4, 0.5) is 0 Å². The molecule has 0 saturated carbocycles. The average molecular weight is 703 g/mol. The zero-order chi connectivity index (χ0) is 37.5. The van der Waals surface area contributed by atoms with E-state index >= 15 is 0 Å².